The van der Waals surface area contributed by atoms with Gasteiger partial charge in [0.2, 0.25) is 0 Å². The molecule has 0 saturated carbocycles. The van der Waals surface area contributed by atoms with Crippen molar-refractivity contribution in [3.63, 3.8) is 0 Å². The van der Waals surface area contributed by atoms with E-state index in [1.807, 2.05) is 35.2 Å². The molecule has 2 N–H and O–H groups in total. The number of nitrogens with two attached hydrogens (primary N) is 1. The second-order valence-corrected chi connectivity index (χ2v) is 5.53. The van der Waals surface area contributed by atoms with E-state index in [1.54, 1.807) is 11.3 Å². The van der Waals surface area contributed by atoms with Crippen molar-refractivity contribution in [3.05, 3.63) is 35.2 Å². The molecule has 0 unspecified atom stereocenters. The van der Waals surface area contributed by atoms with E-state index in [-0.39, 0.29) is 11.9 Å². The van der Waals surface area contributed by atoms with Crippen molar-refractivity contribution in [2.24, 2.45) is 5.73 Å². The van der Waals surface area contributed by atoms with E-state index in [9.17, 15) is 4.79 Å². The van der Waals surface area contributed by atoms with Gasteiger partial charge in [0.25, 0.3) is 5.91 Å². The van der Waals surface area contributed by atoms with Crippen molar-refractivity contribution in [3.8, 4) is 0 Å². The number of amides is 1. The predicted octanol–water partition coefficient (Wildman–Crippen LogP) is 2.07. The van der Waals surface area contributed by atoms with E-state index in [0.29, 0.717) is 6.54 Å². The maximum absolute atomic E-state index is 12.2. The quantitative estimate of drug-likeness (QED) is 0.837. The SMILES string of the molecule is N[C@H]1CCN(C(=O)c2cc3ccccc3s2)C1. The van der Waals surface area contributed by atoms with E-state index in [1.165, 1.54) is 4.70 Å². The van der Waals surface area contributed by atoms with Crippen LogP contribution in [0.3, 0.4) is 0 Å². The molecule has 0 bridgehead atoms. The van der Waals surface area contributed by atoms with Crippen LogP contribution in [0, 0.1) is 0 Å². The van der Waals surface area contributed by atoms with Crippen molar-refractivity contribution in [1.82, 2.24) is 4.90 Å². The zero-order valence-corrected chi connectivity index (χ0v) is 10.2. The number of benzene rings is 1. The molecule has 0 spiro atoms. The van der Waals surface area contributed by atoms with Crippen LogP contribution in [0.2, 0.25) is 0 Å². The molecule has 4 heteroatoms. The highest BCUT2D eigenvalue weighted by atomic mass is 32.1. The van der Waals surface area contributed by atoms with Crippen molar-refractivity contribution in [1.29, 1.82) is 0 Å². The van der Waals surface area contributed by atoms with Gasteiger partial charge in [-0.05, 0) is 23.9 Å². The van der Waals surface area contributed by atoms with E-state index >= 15 is 0 Å². The second-order valence-electron chi connectivity index (χ2n) is 4.45. The number of thiophene rings is 1. The molecule has 0 aliphatic carbocycles. The van der Waals surface area contributed by atoms with Crippen LogP contribution in [0.15, 0.2) is 30.3 Å². The monoisotopic (exact) mass is 246 g/mol. The van der Waals surface area contributed by atoms with Gasteiger partial charge >= 0.3 is 0 Å². The molecule has 1 aromatic carbocycles. The molecule has 1 saturated heterocycles. The molecule has 2 aromatic rings. The Kier molecular flexibility index (Phi) is 2.61. The normalized spacial score (nSPS) is 20.1. The van der Waals surface area contributed by atoms with Crippen LogP contribution in [-0.4, -0.2) is 29.9 Å². The molecule has 17 heavy (non-hydrogen) atoms. The highest BCUT2D eigenvalue weighted by Crippen LogP contribution is 2.27. The predicted molar refractivity (Wildman–Crippen MR) is 70.3 cm³/mol. The van der Waals surface area contributed by atoms with Crippen LogP contribution >= 0.6 is 11.3 Å². The van der Waals surface area contributed by atoms with Crippen LogP contribution in [0.25, 0.3) is 10.1 Å². The van der Waals surface area contributed by atoms with Crippen molar-refractivity contribution < 1.29 is 4.79 Å². The van der Waals surface area contributed by atoms with Crippen LogP contribution in [0.4, 0.5) is 0 Å². The van der Waals surface area contributed by atoms with Gasteiger partial charge in [-0.25, -0.2) is 0 Å². The van der Waals surface area contributed by atoms with E-state index in [4.69, 9.17) is 5.73 Å². The average molecular weight is 246 g/mol. The van der Waals surface area contributed by atoms with Gasteiger partial charge in [0, 0.05) is 23.8 Å². The highest BCUT2D eigenvalue weighted by molar-refractivity contribution is 7.20. The van der Waals surface area contributed by atoms with Crippen molar-refractivity contribution >= 4 is 27.3 Å². The van der Waals surface area contributed by atoms with Gasteiger partial charge in [0.1, 0.15) is 0 Å². The first-order chi connectivity index (χ1) is 8.24. The summed E-state index contributed by atoms with van der Waals surface area (Å²) in [6.07, 6.45) is 0.913. The summed E-state index contributed by atoms with van der Waals surface area (Å²) in [5.74, 6) is 0.124. The molecule has 1 aliphatic heterocycles. The summed E-state index contributed by atoms with van der Waals surface area (Å²) in [7, 11) is 0. The molecule has 2 heterocycles. The summed E-state index contributed by atoms with van der Waals surface area (Å²) in [4.78, 5) is 14.9. The van der Waals surface area contributed by atoms with Crippen molar-refractivity contribution in [2.45, 2.75) is 12.5 Å². The summed E-state index contributed by atoms with van der Waals surface area (Å²) in [5.41, 5.74) is 5.83. The molecule has 3 nitrogen and oxygen atoms in total. The Labute approximate surface area is 104 Å². The van der Waals surface area contributed by atoms with Crippen LogP contribution in [0.1, 0.15) is 16.1 Å². The Hall–Kier alpha value is -1.39. The van der Waals surface area contributed by atoms with E-state index < -0.39 is 0 Å². The number of hydrogen-bond acceptors (Lipinski definition) is 3. The van der Waals surface area contributed by atoms with Gasteiger partial charge in [0.05, 0.1) is 4.88 Å². The summed E-state index contributed by atoms with van der Waals surface area (Å²) in [6.45, 7) is 1.47. The molecule has 1 amide bonds. The Morgan fingerprint density at radius 3 is 2.94 bits per heavy atom. The third kappa shape index (κ3) is 1.94. The summed E-state index contributed by atoms with van der Waals surface area (Å²) in [6, 6.07) is 10.2. The van der Waals surface area contributed by atoms with Crippen molar-refractivity contribution in [2.75, 3.05) is 13.1 Å². The smallest absolute Gasteiger partial charge is 0.264 e. The minimum atomic E-state index is 0.124. The first kappa shape index (κ1) is 10.7. The lowest BCUT2D eigenvalue weighted by Crippen LogP contribution is -2.31. The number of rotatable bonds is 1. The molecule has 88 valence electrons. The van der Waals surface area contributed by atoms with Gasteiger partial charge in [-0.1, -0.05) is 18.2 Å². The van der Waals surface area contributed by atoms with Crippen LogP contribution < -0.4 is 5.73 Å². The van der Waals surface area contributed by atoms with Gasteiger partial charge in [-0.15, -0.1) is 11.3 Å². The number of fused-ring (bicyclic) bond motifs is 1. The summed E-state index contributed by atoms with van der Waals surface area (Å²) in [5, 5.41) is 1.14. The zero-order valence-electron chi connectivity index (χ0n) is 9.43. The average Bonchev–Trinajstić information content (AvgIpc) is 2.93. The maximum atomic E-state index is 12.2. The molecule has 3 rings (SSSR count). The lowest BCUT2D eigenvalue weighted by atomic mass is 10.2. The van der Waals surface area contributed by atoms with Gasteiger partial charge in [-0.3, -0.25) is 4.79 Å². The fourth-order valence-corrected chi connectivity index (χ4v) is 3.25. The minimum absolute atomic E-state index is 0.124. The lowest BCUT2D eigenvalue weighted by Gasteiger charge is -2.13. The molecule has 1 aromatic heterocycles. The van der Waals surface area contributed by atoms with E-state index in [2.05, 4.69) is 0 Å². The molecular weight excluding hydrogens is 232 g/mol. The highest BCUT2D eigenvalue weighted by Gasteiger charge is 2.25. The maximum Gasteiger partial charge on any atom is 0.264 e. The van der Waals surface area contributed by atoms with Crippen LogP contribution in [0.5, 0.6) is 0 Å². The standard InChI is InChI=1S/C13H14N2OS/c14-10-5-6-15(8-10)13(16)12-7-9-3-1-2-4-11(9)17-12/h1-4,7,10H,5-6,8,14H2/t10-/m0/s1. The largest absolute Gasteiger partial charge is 0.336 e. The number of hydrogen-bond donors (Lipinski definition) is 1. The molecule has 1 aliphatic rings. The molecule has 0 radical (unpaired) electrons. The molecule has 1 atom stereocenters. The Bertz CT molecular complexity index is 530. The third-order valence-electron chi connectivity index (χ3n) is 3.15. The van der Waals surface area contributed by atoms with Gasteiger partial charge in [-0.2, -0.15) is 0 Å². The van der Waals surface area contributed by atoms with Crippen LogP contribution in [-0.2, 0) is 0 Å². The first-order valence-electron chi connectivity index (χ1n) is 5.77. The first-order valence-corrected chi connectivity index (χ1v) is 6.59. The molecule has 1 fully saturated rings. The van der Waals surface area contributed by atoms with E-state index in [0.717, 1.165) is 23.2 Å². The fraction of sp³-hybridized carbons (Fsp3) is 0.308. The second kappa shape index (κ2) is 4.13. The Balaban J connectivity index is 1.90. The molecular formula is C13H14N2OS. The number of carbonyl (C=O) groups is 1. The van der Waals surface area contributed by atoms with Gasteiger partial charge in [0.15, 0.2) is 0 Å². The zero-order chi connectivity index (χ0) is 11.8. The summed E-state index contributed by atoms with van der Waals surface area (Å²) >= 11 is 1.56. The fourth-order valence-electron chi connectivity index (χ4n) is 2.21. The topological polar surface area (TPSA) is 46.3 Å². The summed E-state index contributed by atoms with van der Waals surface area (Å²) < 4.78 is 1.17. The van der Waals surface area contributed by atoms with Gasteiger partial charge < -0.3 is 10.6 Å². The minimum Gasteiger partial charge on any atom is -0.336 e. The number of carbonyl (C=O) groups excluding carboxylic acids is 1. The lowest BCUT2D eigenvalue weighted by molar-refractivity contribution is 0.0795. The Morgan fingerprint density at radius 2 is 2.24 bits per heavy atom. The Morgan fingerprint density at radius 1 is 1.41 bits per heavy atom. The number of nitrogens with zero attached hydrogens (tertiary/aromatic N) is 1. The third-order valence-corrected chi connectivity index (χ3v) is 4.25. The number of likely N-dealkylation sites (tertiary alicyclic amines) is 1.